The molecule has 0 unspecified atom stereocenters. The highest BCUT2D eigenvalue weighted by molar-refractivity contribution is 5.96. The van der Waals surface area contributed by atoms with E-state index < -0.39 is 17.5 Å². The number of hydrogen-bond donors (Lipinski definition) is 0. The van der Waals surface area contributed by atoms with Crippen molar-refractivity contribution in [2.45, 2.75) is 12.8 Å². The van der Waals surface area contributed by atoms with Gasteiger partial charge in [-0.3, -0.25) is 4.79 Å². The number of methoxy groups -OCH3 is 1. The highest BCUT2D eigenvalue weighted by Crippen LogP contribution is 2.17. The first-order chi connectivity index (χ1) is 10.0. The van der Waals surface area contributed by atoms with E-state index >= 15 is 0 Å². The molecule has 0 amide bonds. The Morgan fingerprint density at radius 1 is 1.10 bits per heavy atom. The molecule has 5 heteroatoms. The quantitative estimate of drug-likeness (QED) is 0.617. The zero-order chi connectivity index (χ0) is 15.4. The van der Waals surface area contributed by atoms with Crippen LogP contribution in [0, 0.1) is 17.5 Å². The second-order valence-electron chi connectivity index (χ2n) is 4.53. The zero-order valence-electron chi connectivity index (χ0n) is 11.3. The Morgan fingerprint density at radius 2 is 1.76 bits per heavy atom. The average molecular weight is 294 g/mol. The molecule has 110 valence electrons. The second kappa shape index (κ2) is 6.43. The van der Waals surface area contributed by atoms with E-state index in [-0.39, 0.29) is 24.2 Å². The predicted molar refractivity (Wildman–Crippen MR) is 72.0 cm³/mol. The molecule has 0 aliphatic carbocycles. The molecular formula is C16H13F3O2. The summed E-state index contributed by atoms with van der Waals surface area (Å²) >= 11 is 0. The number of benzene rings is 2. The van der Waals surface area contributed by atoms with Gasteiger partial charge < -0.3 is 4.74 Å². The van der Waals surface area contributed by atoms with Crippen LogP contribution in [-0.4, -0.2) is 12.9 Å². The van der Waals surface area contributed by atoms with Gasteiger partial charge in [-0.2, -0.15) is 0 Å². The molecule has 2 aromatic rings. The Morgan fingerprint density at radius 3 is 2.38 bits per heavy atom. The number of Topliss-reactive ketones (excluding diaryl/α,β-unsaturated/α-hetero) is 1. The summed E-state index contributed by atoms with van der Waals surface area (Å²) in [6, 6.07) is 8.42. The maximum atomic E-state index is 13.1. The molecule has 0 aromatic heterocycles. The number of carbonyl (C=O) groups excluding carboxylic acids is 1. The van der Waals surface area contributed by atoms with Crippen molar-refractivity contribution < 1.29 is 22.7 Å². The van der Waals surface area contributed by atoms with Crippen molar-refractivity contribution in [2.24, 2.45) is 0 Å². The van der Waals surface area contributed by atoms with Crippen LogP contribution < -0.4 is 4.74 Å². The van der Waals surface area contributed by atoms with Crippen LogP contribution in [0.1, 0.15) is 22.3 Å². The molecule has 21 heavy (non-hydrogen) atoms. The van der Waals surface area contributed by atoms with Crippen molar-refractivity contribution in [1.82, 2.24) is 0 Å². The van der Waals surface area contributed by atoms with E-state index in [9.17, 15) is 18.0 Å². The van der Waals surface area contributed by atoms with Crippen LogP contribution in [0.15, 0.2) is 36.4 Å². The summed E-state index contributed by atoms with van der Waals surface area (Å²) in [5, 5.41) is 0. The topological polar surface area (TPSA) is 26.3 Å². The van der Waals surface area contributed by atoms with E-state index in [1.807, 2.05) is 0 Å². The third-order valence-electron chi connectivity index (χ3n) is 3.08. The normalized spacial score (nSPS) is 10.5. The lowest BCUT2D eigenvalue weighted by Crippen LogP contribution is -2.03. The van der Waals surface area contributed by atoms with Crippen LogP contribution in [0.5, 0.6) is 5.75 Å². The molecule has 0 radical (unpaired) electrons. The minimum atomic E-state index is -1.50. The molecule has 2 nitrogen and oxygen atoms in total. The third kappa shape index (κ3) is 3.62. The van der Waals surface area contributed by atoms with Crippen LogP contribution in [0.3, 0.4) is 0 Å². The number of aryl methyl sites for hydroxylation is 1. The molecule has 2 rings (SSSR count). The number of hydrogen-bond acceptors (Lipinski definition) is 2. The highest BCUT2D eigenvalue weighted by Gasteiger charge is 2.12. The minimum Gasteiger partial charge on any atom is -0.497 e. The summed E-state index contributed by atoms with van der Waals surface area (Å²) < 4.78 is 44.0. The number of carbonyl (C=O) groups is 1. The zero-order valence-corrected chi connectivity index (χ0v) is 11.3. The smallest absolute Gasteiger partial charge is 0.194 e. The molecule has 0 aliphatic rings. The number of ketones is 1. The monoisotopic (exact) mass is 294 g/mol. The SMILES string of the molecule is COc1cccc(C(=O)CCc2cc(F)c(F)c(F)c2)c1. The van der Waals surface area contributed by atoms with Crippen molar-refractivity contribution in [2.75, 3.05) is 7.11 Å². The summed E-state index contributed by atoms with van der Waals surface area (Å²) in [7, 11) is 1.49. The Bertz CT molecular complexity index is 645. The Labute approximate surface area is 120 Å². The Kier molecular flexibility index (Phi) is 4.62. The fourth-order valence-corrected chi connectivity index (χ4v) is 1.95. The Hall–Kier alpha value is -2.30. The molecule has 2 aromatic carbocycles. The number of ether oxygens (including phenoxy) is 1. The summed E-state index contributed by atoms with van der Waals surface area (Å²) in [5.41, 5.74) is 0.694. The van der Waals surface area contributed by atoms with Crippen LogP contribution in [0.25, 0.3) is 0 Å². The van der Waals surface area contributed by atoms with Gasteiger partial charge in [0.25, 0.3) is 0 Å². The first-order valence-electron chi connectivity index (χ1n) is 6.32. The van der Waals surface area contributed by atoms with Crippen molar-refractivity contribution in [1.29, 1.82) is 0 Å². The fraction of sp³-hybridized carbons (Fsp3) is 0.188. The Balaban J connectivity index is 2.07. The van der Waals surface area contributed by atoms with Gasteiger partial charge >= 0.3 is 0 Å². The van der Waals surface area contributed by atoms with Crippen LogP contribution in [0.2, 0.25) is 0 Å². The van der Waals surface area contributed by atoms with Crippen molar-refractivity contribution in [3.8, 4) is 5.75 Å². The molecule has 0 heterocycles. The standard InChI is InChI=1S/C16H13F3O2/c1-21-12-4-2-3-11(9-12)15(20)6-5-10-7-13(17)16(19)14(18)8-10/h2-4,7-9H,5-6H2,1H3. The lowest BCUT2D eigenvalue weighted by molar-refractivity contribution is 0.0982. The van der Waals surface area contributed by atoms with E-state index in [4.69, 9.17) is 4.74 Å². The predicted octanol–water partition coefficient (Wildman–Crippen LogP) is 3.93. The molecule has 0 N–H and O–H groups in total. The minimum absolute atomic E-state index is 0.0671. The number of halogens is 3. The maximum Gasteiger partial charge on any atom is 0.194 e. The van der Waals surface area contributed by atoms with Gasteiger partial charge in [-0.1, -0.05) is 12.1 Å². The summed E-state index contributed by atoms with van der Waals surface area (Å²) in [5.74, 6) is -3.63. The summed E-state index contributed by atoms with van der Waals surface area (Å²) in [6.45, 7) is 0. The molecule has 0 spiro atoms. The molecule has 0 fully saturated rings. The van der Waals surface area contributed by atoms with Gasteiger partial charge in [0.15, 0.2) is 23.2 Å². The van der Waals surface area contributed by atoms with Crippen molar-refractivity contribution in [3.63, 3.8) is 0 Å². The van der Waals surface area contributed by atoms with E-state index in [1.54, 1.807) is 24.3 Å². The van der Waals surface area contributed by atoms with E-state index in [0.29, 0.717) is 11.3 Å². The van der Waals surface area contributed by atoms with Gasteiger partial charge in [0.1, 0.15) is 5.75 Å². The van der Waals surface area contributed by atoms with E-state index in [0.717, 1.165) is 12.1 Å². The first kappa shape index (κ1) is 15.1. The van der Waals surface area contributed by atoms with E-state index in [1.165, 1.54) is 7.11 Å². The largest absolute Gasteiger partial charge is 0.497 e. The van der Waals surface area contributed by atoms with Gasteiger partial charge in [-0.15, -0.1) is 0 Å². The van der Waals surface area contributed by atoms with Crippen LogP contribution in [0.4, 0.5) is 13.2 Å². The van der Waals surface area contributed by atoms with Gasteiger partial charge in [0.2, 0.25) is 0 Å². The lowest BCUT2D eigenvalue weighted by atomic mass is 10.0. The van der Waals surface area contributed by atoms with Crippen molar-refractivity contribution in [3.05, 3.63) is 65.0 Å². The number of rotatable bonds is 5. The third-order valence-corrected chi connectivity index (χ3v) is 3.08. The first-order valence-corrected chi connectivity index (χ1v) is 6.32. The molecule has 0 aliphatic heterocycles. The van der Waals surface area contributed by atoms with E-state index in [2.05, 4.69) is 0 Å². The van der Waals surface area contributed by atoms with Gasteiger partial charge in [0, 0.05) is 12.0 Å². The maximum absolute atomic E-state index is 13.1. The average Bonchev–Trinajstić information content (AvgIpc) is 2.50. The molecular weight excluding hydrogens is 281 g/mol. The van der Waals surface area contributed by atoms with Crippen molar-refractivity contribution >= 4 is 5.78 Å². The van der Waals surface area contributed by atoms with Crippen LogP contribution >= 0.6 is 0 Å². The molecule has 0 atom stereocenters. The second-order valence-corrected chi connectivity index (χ2v) is 4.53. The van der Waals surface area contributed by atoms with Crippen LogP contribution in [-0.2, 0) is 6.42 Å². The molecule has 0 bridgehead atoms. The highest BCUT2D eigenvalue weighted by atomic mass is 19.2. The summed E-state index contributed by atoms with van der Waals surface area (Å²) in [4.78, 5) is 12.0. The molecule has 0 saturated carbocycles. The summed E-state index contributed by atoms with van der Waals surface area (Å²) in [6.07, 6.45) is 0.196. The molecule has 0 saturated heterocycles. The lowest BCUT2D eigenvalue weighted by Gasteiger charge is -2.05. The van der Waals surface area contributed by atoms with Gasteiger partial charge in [-0.05, 0) is 36.2 Å². The van der Waals surface area contributed by atoms with Gasteiger partial charge in [0.05, 0.1) is 7.11 Å². The fourth-order valence-electron chi connectivity index (χ4n) is 1.95. The van der Waals surface area contributed by atoms with Gasteiger partial charge in [-0.25, -0.2) is 13.2 Å².